The number of rotatable bonds is 2. The van der Waals surface area contributed by atoms with Crippen molar-refractivity contribution in [1.82, 2.24) is 9.97 Å². The molecule has 2 rings (SSSR count). The second kappa shape index (κ2) is 5.15. The zero-order valence-electron chi connectivity index (χ0n) is 12.0. The van der Waals surface area contributed by atoms with E-state index in [1.54, 1.807) is 6.92 Å². The minimum absolute atomic E-state index is 0.0509. The highest BCUT2D eigenvalue weighted by molar-refractivity contribution is 5.68. The molecule has 0 aliphatic carbocycles. The van der Waals surface area contributed by atoms with Crippen LogP contribution < -0.4 is 5.73 Å². The van der Waals surface area contributed by atoms with Crippen LogP contribution in [0.3, 0.4) is 0 Å². The number of hydrogen-bond donors (Lipinski definition) is 1. The SMILES string of the molecule is Cc1ccc(-c2nc(C(C)C)nc(N)c2C)c(F)c1F. The average molecular weight is 277 g/mol. The standard InChI is InChI=1S/C15H17F2N3/c1-7(2)15-19-13(9(4)14(18)20-15)10-6-5-8(3)11(16)12(10)17/h5-7H,1-4H3,(H2,18,19,20). The van der Waals surface area contributed by atoms with Crippen molar-refractivity contribution in [2.45, 2.75) is 33.6 Å². The third kappa shape index (κ3) is 2.35. The van der Waals surface area contributed by atoms with Crippen LogP contribution >= 0.6 is 0 Å². The lowest BCUT2D eigenvalue weighted by Gasteiger charge is -2.13. The van der Waals surface area contributed by atoms with E-state index in [-0.39, 0.29) is 17.0 Å². The van der Waals surface area contributed by atoms with Gasteiger partial charge in [0.2, 0.25) is 0 Å². The highest BCUT2D eigenvalue weighted by atomic mass is 19.2. The molecule has 0 fully saturated rings. The number of hydrogen-bond acceptors (Lipinski definition) is 3. The van der Waals surface area contributed by atoms with Gasteiger partial charge in [-0.25, -0.2) is 18.7 Å². The largest absolute Gasteiger partial charge is 0.383 e. The second-order valence-corrected chi connectivity index (χ2v) is 5.15. The van der Waals surface area contributed by atoms with E-state index in [1.807, 2.05) is 13.8 Å². The zero-order valence-corrected chi connectivity index (χ0v) is 12.0. The number of aromatic nitrogens is 2. The highest BCUT2D eigenvalue weighted by Crippen LogP contribution is 2.30. The fraction of sp³-hybridized carbons (Fsp3) is 0.333. The summed E-state index contributed by atoms with van der Waals surface area (Å²) >= 11 is 0. The number of nitrogen functional groups attached to an aromatic ring is 1. The van der Waals surface area contributed by atoms with Crippen LogP contribution in [0.15, 0.2) is 12.1 Å². The fourth-order valence-electron chi connectivity index (χ4n) is 1.90. The van der Waals surface area contributed by atoms with Gasteiger partial charge in [0.25, 0.3) is 0 Å². The topological polar surface area (TPSA) is 51.8 Å². The fourth-order valence-corrected chi connectivity index (χ4v) is 1.90. The lowest BCUT2D eigenvalue weighted by Crippen LogP contribution is -2.07. The van der Waals surface area contributed by atoms with Crippen molar-refractivity contribution in [3.63, 3.8) is 0 Å². The maximum Gasteiger partial charge on any atom is 0.168 e. The molecule has 20 heavy (non-hydrogen) atoms. The second-order valence-electron chi connectivity index (χ2n) is 5.15. The Morgan fingerprint density at radius 3 is 2.30 bits per heavy atom. The molecule has 106 valence electrons. The maximum atomic E-state index is 14.1. The van der Waals surface area contributed by atoms with E-state index in [1.165, 1.54) is 19.1 Å². The first kappa shape index (κ1) is 14.4. The van der Waals surface area contributed by atoms with Gasteiger partial charge in [-0.15, -0.1) is 0 Å². The number of benzene rings is 1. The van der Waals surface area contributed by atoms with Crippen LogP contribution in [-0.2, 0) is 0 Å². The smallest absolute Gasteiger partial charge is 0.168 e. The minimum atomic E-state index is -0.902. The Morgan fingerprint density at radius 1 is 1.05 bits per heavy atom. The molecule has 5 heteroatoms. The number of aryl methyl sites for hydroxylation is 1. The molecule has 3 nitrogen and oxygen atoms in total. The molecule has 0 atom stereocenters. The first-order chi connectivity index (χ1) is 9.32. The van der Waals surface area contributed by atoms with Crippen molar-refractivity contribution in [2.75, 3.05) is 5.73 Å². The summed E-state index contributed by atoms with van der Waals surface area (Å²) in [4.78, 5) is 8.52. The van der Waals surface area contributed by atoms with Crippen molar-refractivity contribution in [1.29, 1.82) is 0 Å². The van der Waals surface area contributed by atoms with Gasteiger partial charge in [-0.05, 0) is 25.5 Å². The summed E-state index contributed by atoms with van der Waals surface area (Å²) in [6, 6.07) is 3.05. The van der Waals surface area contributed by atoms with E-state index in [4.69, 9.17) is 5.73 Å². The Balaban J connectivity index is 2.72. The Labute approximate surface area is 116 Å². The molecule has 1 heterocycles. The van der Waals surface area contributed by atoms with E-state index in [0.29, 0.717) is 22.9 Å². The summed E-state index contributed by atoms with van der Waals surface area (Å²) in [5.41, 5.74) is 7.12. The van der Waals surface area contributed by atoms with Crippen LogP contribution in [-0.4, -0.2) is 9.97 Å². The van der Waals surface area contributed by atoms with Crippen molar-refractivity contribution in [2.24, 2.45) is 0 Å². The van der Waals surface area contributed by atoms with Gasteiger partial charge >= 0.3 is 0 Å². The van der Waals surface area contributed by atoms with E-state index in [0.717, 1.165) is 0 Å². The molecule has 2 N–H and O–H groups in total. The van der Waals surface area contributed by atoms with Gasteiger partial charge in [0.15, 0.2) is 11.6 Å². The van der Waals surface area contributed by atoms with Crippen molar-refractivity contribution >= 4 is 5.82 Å². The molecule has 1 aromatic heterocycles. The summed E-state index contributed by atoms with van der Waals surface area (Å²) in [5, 5.41) is 0. The molecule has 2 aromatic rings. The monoisotopic (exact) mass is 277 g/mol. The summed E-state index contributed by atoms with van der Waals surface area (Å²) in [6.07, 6.45) is 0. The maximum absolute atomic E-state index is 14.1. The number of nitrogens with zero attached hydrogens (tertiary/aromatic N) is 2. The Hall–Kier alpha value is -2.04. The average Bonchev–Trinajstić information content (AvgIpc) is 2.39. The number of anilines is 1. The van der Waals surface area contributed by atoms with Gasteiger partial charge in [0.1, 0.15) is 11.6 Å². The lowest BCUT2D eigenvalue weighted by atomic mass is 10.0. The first-order valence-electron chi connectivity index (χ1n) is 6.42. The predicted molar refractivity (Wildman–Crippen MR) is 75.4 cm³/mol. The third-order valence-corrected chi connectivity index (χ3v) is 3.25. The Bertz CT molecular complexity index is 667. The minimum Gasteiger partial charge on any atom is -0.383 e. The quantitative estimate of drug-likeness (QED) is 0.909. The van der Waals surface area contributed by atoms with Gasteiger partial charge in [-0.2, -0.15) is 0 Å². The highest BCUT2D eigenvalue weighted by Gasteiger charge is 2.18. The van der Waals surface area contributed by atoms with Gasteiger partial charge in [0.05, 0.1) is 5.69 Å². The molecule has 0 unspecified atom stereocenters. The summed E-state index contributed by atoms with van der Waals surface area (Å²) < 4.78 is 27.8. The molecule has 0 aliphatic heterocycles. The first-order valence-corrected chi connectivity index (χ1v) is 6.42. The van der Waals surface area contributed by atoms with Crippen LogP contribution in [0.2, 0.25) is 0 Å². The molecule has 0 aliphatic rings. The van der Waals surface area contributed by atoms with Gasteiger partial charge < -0.3 is 5.73 Å². The van der Waals surface area contributed by atoms with Crippen molar-refractivity contribution < 1.29 is 8.78 Å². The van der Waals surface area contributed by atoms with E-state index in [9.17, 15) is 8.78 Å². The lowest BCUT2D eigenvalue weighted by molar-refractivity contribution is 0.505. The molecule has 0 amide bonds. The van der Waals surface area contributed by atoms with E-state index >= 15 is 0 Å². The molecular formula is C15H17F2N3. The molecule has 0 spiro atoms. The normalized spacial score (nSPS) is 11.2. The van der Waals surface area contributed by atoms with E-state index < -0.39 is 11.6 Å². The molecule has 0 saturated heterocycles. The van der Waals surface area contributed by atoms with Crippen LogP contribution in [0.5, 0.6) is 0 Å². The molecule has 0 radical (unpaired) electrons. The summed E-state index contributed by atoms with van der Waals surface area (Å²) in [5.74, 6) is -0.899. The Morgan fingerprint density at radius 2 is 1.70 bits per heavy atom. The van der Waals surface area contributed by atoms with Gasteiger partial charge in [-0.3, -0.25) is 0 Å². The third-order valence-electron chi connectivity index (χ3n) is 3.25. The van der Waals surface area contributed by atoms with E-state index in [2.05, 4.69) is 9.97 Å². The van der Waals surface area contributed by atoms with Crippen LogP contribution in [0, 0.1) is 25.5 Å². The summed E-state index contributed by atoms with van der Waals surface area (Å²) in [6.45, 7) is 7.05. The van der Waals surface area contributed by atoms with Crippen LogP contribution in [0.4, 0.5) is 14.6 Å². The number of nitrogens with two attached hydrogens (primary N) is 1. The Kier molecular flexibility index (Phi) is 3.70. The van der Waals surface area contributed by atoms with Gasteiger partial charge in [0, 0.05) is 17.0 Å². The van der Waals surface area contributed by atoms with Crippen molar-refractivity contribution in [3.05, 3.63) is 40.7 Å². The molecule has 0 bridgehead atoms. The summed E-state index contributed by atoms with van der Waals surface area (Å²) in [7, 11) is 0. The molecule has 0 saturated carbocycles. The predicted octanol–water partition coefficient (Wildman–Crippen LogP) is 3.74. The number of halogens is 2. The molecule has 1 aromatic carbocycles. The van der Waals surface area contributed by atoms with Crippen LogP contribution in [0.1, 0.15) is 36.7 Å². The van der Waals surface area contributed by atoms with Crippen LogP contribution in [0.25, 0.3) is 11.3 Å². The van der Waals surface area contributed by atoms with Crippen molar-refractivity contribution in [3.8, 4) is 11.3 Å². The molecular weight excluding hydrogens is 260 g/mol. The van der Waals surface area contributed by atoms with Gasteiger partial charge in [-0.1, -0.05) is 19.9 Å². The zero-order chi connectivity index (χ0) is 15.0.